The Bertz CT molecular complexity index is 1860. The molecule has 0 unspecified atom stereocenters. The van der Waals surface area contributed by atoms with Crippen LogP contribution in [-0.2, 0) is 49.4 Å². The average molecular weight is 827 g/mol. The van der Waals surface area contributed by atoms with Crippen LogP contribution in [0, 0.1) is 23.7 Å². The van der Waals surface area contributed by atoms with Crippen LogP contribution in [0.15, 0.2) is 36.5 Å². The van der Waals surface area contributed by atoms with Crippen molar-refractivity contribution in [2.75, 3.05) is 27.9 Å². The van der Waals surface area contributed by atoms with E-state index in [0.717, 1.165) is 16.5 Å². The Kier molecular flexibility index (Phi) is 14.4. The fraction of sp³-hybridized carbons (Fsp3) is 0.674. The van der Waals surface area contributed by atoms with Crippen LogP contribution in [-0.4, -0.2) is 131 Å². The second-order valence-corrected chi connectivity index (χ2v) is 17.1. The van der Waals surface area contributed by atoms with E-state index in [1.54, 1.807) is 53.8 Å². The van der Waals surface area contributed by atoms with Crippen LogP contribution in [0.5, 0.6) is 0 Å². The Labute approximate surface area is 346 Å². The Hall–Kier alpha value is -4.22. The van der Waals surface area contributed by atoms with E-state index in [9.17, 15) is 29.1 Å². The van der Waals surface area contributed by atoms with E-state index < -0.39 is 89.5 Å². The molecule has 3 saturated heterocycles. The summed E-state index contributed by atoms with van der Waals surface area (Å²) in [6, 6.07) is 7.84. The van der Waals surface area contributed by atoms with Crippen LogP contribution < -0.4 is 5.32 Å². The molecule has 59 heavy (non-hydrogen) atoms. The van der Waals surface area contributed by atoms with E-state index in [0.29, 0.717) is 6.42 Å². The van der Waals surface area contributed by atoms with Gasteiger partial charge in [-0.25, -0.2) is 9.59 Å². The van der Waals surface area contributed by atoms with Crippen LogP contribution in [0.4, 0.5) is 9.59 Å². The molecule has 3 aliphatic rings. The number of benzene rings is 1. The number of likely N-dealkylation sites (N-methyl/N-ethyl adjacent to an activating group) is 1. The summed E-state index contributed by atoms with van der Waals surface area (Å²) in [5.74, 6) is -5.61. The van der Waals surface area contributed by atoms with E-state index >= 15 is 0 Å². The molecule has 0 bridgehead atoms. The number of pyridine rings is 1. The van der Waals surface area contributed by atoms with Gasteiger partial charge in [-0.2, -0.15) is 0 Å². The minimum absolute atomic E-state index is 0.0486. The highest BCUT2D eigenvalue weighted by atomic mass is 16.7. The number of alkyl carbamates (subject to hydrolysis) is 1. The van der Waals surface area contributed by atoms with Gasteiger partial charge in [0, 0.05) is 48.1 Å². The van der Waals surface area contributed by atoms with Gasteiger partial charge in [-0.3, -0.25) is 24.3 Å². The Morgan fingerprint density at radius 3 is 2.39 bits per heavy atom. The highest BCUT2D eigenvalue weighted by Crippen LogP contribution is 2.43. The first-order chi connectivity index (χ1) is 27.8. The van der Waals surface area contributed by atoms with Crippen molar-refractivity contribution < 1.29 is 57.5 Å². The summed E-state index contributed by atoms with van der Waals surface area (Å²) in [6.45, 7) is 13.0. The van der Waals surface area contributed by atoms with Gasteiger partial charge in [0.15, 0.2) is 17.7 Å². The normalized spacial score (nSPS) is 36.2. The zero-order valence-corrected chi connectivity index (χ0v) is 36.1. The number of amides is 2. The first-order valence-corrected chi connectivity index (χ1v) is 20.5. The third kappa shape index (κ3) is 9.41. The number of aliphatic hydroxyl groups is 1. The number of para-hydroxylation sites is 1. The van der Waals surface area contributed by atoms with E-state index in [4.69, 9.17) is 28.4 Å². The molecule has 0 aliphatic carbocycles. The van der Waals surface area contributed by atoms with Crippen molar-refractivity contribution in [3.8, 4) is 0 Å². The Balaban J connectivity index is 1.45. The maximum absolute atomic E-state index is 14.7. The topological polar surface area (TPSA) is 192 Å². The number of esters is 1. The molecule has 1 aromatic carbocycles. The van der Waals surface area contributed by atoms with Crippen molar-refractivity contribution in [2.45, 2.75) is 135 Å². The van der Waals surface area contributed by atoms with Gasteiger partial charge in [-0.05, 0) is 73.2 Å². The molecule has 16 heteroatoms. The number of Topliss-reactive ketones (excluding diaryl/α,β-unsaturated/α-hetero) is 2. The first kappa shape index (κ1) is 45.9. The number of cyclic esters (lactones) is 1. The minimum atomic E-state index is -1.58. The molecule has 16 nitrogen and oxygen atoms in total. The van der Waals surface area contributed by atoms with Gasteiger partial charge in [0.05, 0.1) is 36.0 Å². The minimum Gasteiger partial charge on any atom is -0.458 e. The lowest BCUT2D eigenvalue weighted by Gasteiger charge is -2.47. The zero-order valence-electron chi connectivity index (χ0n) is 36.1. The van der Waals surface area contributed by atoms with E-state index in [-0.39, 0.29) is 44.0 Å². The molecule has 3 aliphatic heterocycles. The predicted octanol–water partition coefficient (Wildman–Crippen LogP) is 4.62. The number of hydrogen-bond acceptors (Lipinski definition) is 14. The molecule has 5 rings (SSSR count). The van der Waals surface area contributed by atoms with Gasteiger partial charge in [0.25, 0.3) is 0 Å². The van der Waals surface area contributed by atoms with Crippen molar-refractivity contribution in [1.29, 1.82) is 0 Å². The maximum atomic E-state index is 14.7. The standard InChI is InChI=1S/C43H62N4O12/c1-12-32-43(8)36(47(41(53)59-43)22-45-40(52)55-21-28-17-18-44-30-16-14-13-15-29(28)30)25(4)33(48)23(2)20-42(7,54-11)37(26(5)34(49)27(6)38(51)57-32)58-39-35(50)31(46(9)10)19-24(3)56-39/h13-18,23-27,31-32,35-37,39,50H,12,19-22H2,1-11H3,(H,45,52)/t23-,24-,25+,26+,27-,31+,32-,35-,36-,37-,39+,42-,43-/m1/s1. The van der Waals surface area contributed by atoms with Gasteiger partial charge in [0.2, 0.25) is 0 Å². The van der Waals surface area contributed by atoms with Crippen molar-refractivity contribution in [3.63, 3.8) is 0 Å². The number of hydrogen-bond donors (Lipinski definition) is 2. The van der Waals surface area contributed by atoms with Gasteiger partial charge in [-0.1, -0.05) is 45.9 Å². The van der Waals surface area contributed by atoms with E-state index in [2.05, 4.69) is 10.3 Å². The molecule has 0 saturated carbocycles. The lowest BCUT2D eigenvalue weighted by Crippen LogP contribution is -2.60. The highest BCUT2D eigenvalue weighted by Gasteiger charge is 2.60. The van der Waals surface area contributed by atoms with Gasteiger partial charge < -0.3 is 43.7 Å². The van der Waals surface area contributed by atoms with E-state index in [1.165, 1.54) is 18.9 Å². The molecule has 326 valence electrons. The zero-order chi connectivity index (χ0) is 43.6. The van der Waals surface area contributed by atoms with Gasteiger partial charge in [0.1, 0.15) is 30.5 Å². The smallest absolute Gasteiger partial charge is 0.412 e. The van der Waals surface area contributed by atoms with Crippen LogP contribution in [0.3, 0.4) is 0 Å². The fourth-order valence-corrected chi connectivity index (χ4v) is 9.27. The summed E-state index contributed by atoms with van der Waals surface area (Å²) in [6.07, 6.45) is -4.00. The van der Waals surface area contributed by atoms with Crippen LogP contribution in [0.2, 0.25) is 0 Å². The monoisotopic (exact) mass is 826 g/mol. The first-order valence-electron chi connectivity index (χ1n) is 20.5. The predicted molar refractivity (Wildman–Crippen MR) is 215 cm³/mol. The Morgan fingerprint density at radius 2 is 1.73 bits per heavy atom. The SMILES string of the molecule is CC[C@H]1OC(=O)[C@H](C)C(=O)[C@H](C)[C@@H](O[C@@H]2O[C@H](C)C[C@H](N(C)C)[C@H]2O)[C@](C)(OC)C[C@@H](C)C(=O)[C@H](C)[C@H]2N(CNC(=O)OCc3ccnc4ccccc34)C(=O)O[C@]12C. The van der Waals surface area contributed by atoms with Gasteiger partial charge >= 0.3 is 18.2 Å². The number of rotatable bonds is 9. The fourth-order valence-electron chi connectivity index (χ4n) is 9.27. The molecule has 13 atom stereocenters. The second-order valence-electron chi connectivity index (χ2n) is 17.1. The third-order valence-corrected chi connectivity index (χ3v) is 12.7. The lowest BCUT2D eigenvalue weighted by molar-refractivity contribution is -0.295. The summed E-state index contributed by atoms with van der Waals surface area (Å²) in [5.41, 5.74) is -1.44. The number of ketones is 2. The third-order valence-electron chi connectivity index (χ3n) is 12.7. The summed E-state index contributed by atoms with van der Waals surface area (Å²) in [4.78, 5) is 77.3. The molecule has 0 spiro atoms. The summed E-state index contributed by atoms with van der Waals surface area (Å²) in [5, 5.41) is 14.9. The van der Waals surface area contributed by atoms with Crippen LogP contribution >= 0.6 is 0 Å². The number of nitrogens with zero attached hydrogens (tertiary/aromatic N) is 3. The number of ether oxygens (including phenoxy) is 6. The lowest BCUT2D eigenvalue weighted by atomic mass is 9.73. The maximum Gasteiger partial charge on any atom is 0.412 e. The molecular weight excluding hydrogens is 764 g/mol. The van der Waals surface area contributed by atoms with Crippen LogP contribution in [0.25, 0.3) is 10.9 Å². The molecule has 4 heterocycles. The molecule has 0 radical (unpaired) electrons. The van der Waals surface area contributed by atoms with Crippen molar-refractivity contribution in [1.82, 2.24) is 20.1 Å². The number of carbonyl (C=O) groups is 5. The quantitative estimate of drug-likeness (QED) is 0.202. The number of nitrogens with one attached hydrogen (secondary N) is 1. The summed E-state index contributed by atoms with van der Waals surface area (Å²) in [7, 11) is 5.15. The van der Waals surface area contributed by atoms with Gasteiger partial charge in [-0.15, -0.1) is 0 Å². The number of methoxy groups -OCH3 is 1. The molecule has 2 aromatic rings. The molecule has 3 fully saturated rings. The number of aromatic nitrogens is 1. The van der Waals surface area contributed by atoms with Crippen molar-refractivity contribution in [2.24, 2.45) is 23.7 Å². The van der Waals surface area contributed by atoms with Crippen LogP contribution in [0.1, 0.15) is 80.2 Å². The number of fused-ring (bicyclic) bond motifs is 2. The molecule has 1 aromatic heterocycles. The van der Waals surface area contributed by atoms with Crippen molar-refractivity contribution in [3.05, 3.63) is 42.1 Å². The number of aliphatic hydroxyl groups excluding tert-OH is 1. The molecular formula is C43H62N4O12. The second kappa shape index (κ2) is 18.6. The Morgan fingerprint density at radius 1 is 1.03 bits per heavy atom. The van der Waals surface area contributed by atoms with Crippen molar-refractivity contribution >= 4 is 40.6 Å². The summed E-state index contributed by atoms with van der Waals surface area (Å²) < 4.78 is 36.4. The molecule has 2 amide bonds. The average Bonchev–Trinajstić information content (AvgIpc) is 3.47. The highest BCUT2D eigenvalue weighted by molar-refractivity contribution is 6.00. The largest absolute Gasteiger partial charge is 0.458 e. The summed E-state index contributed by atoms with van der Waals surface area (Å²) >= 11 is 0. The van der Waals surface area contributed by atoms with E-state index in [1.807, 2.05) is 50.2 Å². The number of carbonyl (C=O) groups excluding carboxylic acids is 5. The molecule has 2 N–H and O–H groups in total.